The first-order chi connectivity index (χ1) is 9.22. The predicted octanol–water partition coefficient (Wildman–Crippen LogP) is 4.18. The van der Waals surface area contributed by atoms with Crippen LogP contribution >= 0.6 is 0 Å². The molecule has 0 fully saturated rings. The third-order valence-corrected chi connectivity index (χ3v) is 3.58. The summed E-state index contributed by atoms with van der Waals surface area (Å²) in [4.78, 5) is 0. The molecule has 2 heteroatoms. The topological polar surface area (TPSA) is 25.2 Å². The molecule has 0 aliphatic heterocycles. The lowest BCUT2D eigenvalue weighted by molar-refractivity contribution is 0.410. The fourth-order valence-corrected chi connectivity index (χ4v) is 2.46. The van der Waals surface area contributed by atoms with Crippen molar-refractivity contribution >= 4 is 0 Å². The van der Waals surface area contributed by atoms with Crippen molar-refractivity contribution in [2.45, 2.75) is 39.7 Å². The molecule has 1 atom stereocenters. The average Bonchev–Trinajstić information content (AvgIpc) is 2.91. The molecule has 1 aromatic carbocycles. The molecule has 19 heavy (non-hydrogen) atoms. The van der Waals surface area contributed by atoms with Crippen LogP contribution in [0.2, 0.25) is 0 Å². The summed E-state index contributed by atoms with van der Waals surface area (Å²) in [6.07, 6.45) is 3.86. The third kappa shape index (κ3) is 3.48. The van der Waals surface area contributed by atoms with Gasteiger partial charge in [0, 0.05) is 0 Å². The van der Waals surface area contributed by atoms with Crippen molar-refractivity contribution in [2.75, 3.05) is 6.54 Å². The van der Waals surface area contributed by atoms with E-state index in [1.54, 1.807) is 6.26 Å². The number of rotatable bonds is 6. The van der Waals surface area contributed by atoms with Gasteiger partial charge in [0.2, 0.25) is 0 Å². The van der Waals surface area contributed by atoms with Gasteiger partial charge in [0.25, 0.3) is 0 Å². The van der Waals surface area contributed by atoms with Gasteiger partial charge in [-0.05, 0) is 62.1 Å². The highest BCUT2D eigenvalue weighted by Gasteiger charge is 2.16. The normalized spacial score (nSPS) is 12.6. The van der Waals surface area contributed by atoms with E-state index < -0.39 is 0 Å². The highest BCUT2D eigenvalue weighted by atomic mass is 16.3. The van der Waals surface area contributed by atoms with Gasteiger partial charge < -0.3 is 9.73 Å². The molecule has 0 amide bonds. The minimum absolute atomic E-state index is 0.259. The molecular weight excluding hydrogens is 234 g/mol. The standard InChI is InChI=1S/C17H23NO/c1-4-10-18-16(17-9-6-11-19-17)12-15-13(2)7-5-8-14(15)3/h5-9,11,16,18H,4,10,12H2,1-3H3. The summed E-state index contributed by atoms with van der Waals surface area (Å²) >= 11 is 0. The van der Waals surface area contributed by atoms with E-state index in [4.69, 9.17) is 4.42 Å². The summed E-state index contributed by atoms with van der Waals surface area (Å²) in [6.45, 7) is 7.56. The average molecular weight is 257 g/mol. The van der Waals surface area contributed by atoms with Gasteiger partial charge in [0.15, 0.2) is 0 Å². The van der Waals surface area contributed by atoms with Crippen molar-refractivity contribution < 1.29 is 4.42 Å². The number of furan rings is 1. The molecule has 102 valence electrons. The Bertz CT molecular complexity index is 482. The van der Waals surface area contributed by atoms with E-state index in [0.29, 0.717) is 0 Å². The molecule has 2 rings (SSSR count). The summed E-state index contributed by atoms with van der Waals surface area (Å²) in [6, 6.07) is 10.8. The Balaban J connectivity index is 2.20. The maximum Gasteiger partial charge on any atom is 0.121 e. The van der Waals surface area contributed by atoms with Crippen LogP contribution in [-0.4, -0.2) is 6.54 Å². The van der Waals surface area contributed by atoms with Crippen LogP contribution in [0.5, 0.6) is 0 Å². The van der Waals surface area contributed by atoms with Crippen LogP contribution in [0.3, 0.4) is 0 Å². The third-order valence-electron chi connectivity index (χ3n) is 3.58. The summed E-state index contributed by atoms with van der Waals surface area (Å²) in [5.41, 5.74) is 4.14. The van der Waals surface area contributed by atoms with Crippen molar-refractivity contribution in [1.29, 1.82) is 0 Å². The Morgan fingerprint density at radius 1 is 1.11 bits per heavy atom. The number of benzene rings is 1. The maximum absolute atomic E-state index is 5.58. The Morgan fingerprint density at radius 2 is 1.84 bits per heavy atom. The van der Waals surface area contributed by atoms with E-state index in [0.717, 1.165) is 25.1 Å². The first-order valence-electron chi connectivity index (χ1n) is 7.04. The van der Waals surface area contributed by atoms with Crippen molar-refractivity contribution in [3.8, 4) is 0 Å². The van der Waals surface area contributed by atoms with E-state index in [1.807, 2.05) is 6.07 Å². The summed E-state index contributed by atoms with van der Waals surface area (Å²) in [5, 5.41) is 3.58. The van der Waals surface area contributed by atoms with Crippen LogP contribution in [0.4, 0.5) is 0 Å². The molecule has 2 aromatic rings. The largest absolute Gasteiger partial charge is 0.468 e. The predicted molar refractivity (Wildman–Crippen MR) is 79.4 cm³/mol. The zero-order valence-corrected chi connectivity index (χ0v) is 12.1. The molecule has 0 saturated carbocycles. The Labute approximate surface area is 115 Å². The first kappa shape index (κ1) is 13.9. The van der Waals surface area contributed by atoms with E-state index in [9.17, 15) is 0 Å². The molecule has 1 N–H and O–H groups in total. The summed E-state index contributed by atoms with van der Waals surface area (Å²) < 4.78 is 5.58. The van der Waals surface area contributed by atoms with E-state index >= 15 is 0 Å². The van der Waals surface area contributed by atoms with E-state index in [2.05, 4.69) is 50.4 Å². The van der Waals surface area contributed by atoms with Crippen LogP contribution < -0.4 is 5.32 Å². The lowest BCUT2D eigenvalue weighted by Crippen LogP contribution is -2.24. The van der Waals surface area contributed by atoms with Crippen LogP contribution in [0.25, 0.3) is 0 Å². The quantitative estimate of drug-likeness (QED) is 0.839. The van der Waals surface area contributed by atoms with Gasteiger partial charge in [0.1, 0.15) is 5.76 Å². The molecule has 0 bridgehead atoms. The van der Waals surface area contributed by atoms with Crippen LogP contribution in [0.1, 0.15) is 41.8 Å². The molecular formula is C17H23NO. The molecule has 1 aromatic heterocycles. The molecule has 0 radical (unpaired) electrons. The second-order valence-corrected chi connectivity index (χ2v) is 5.10. The lowest BCUT2D eigenvalue weighted by atomic mass is 9.95. The maximum atomic E-state index is 5.58. The van der Waals surface area contributed by atoms with E-state index in [-0.39, 0.29) is 6.04 Å². The van der Waals surface area contributed by atoms with Crippen molar-refractivity contribution in [3.63, 3.8) is 0 Å². The summed E-state index contributed by atoms with van der Waals surface area (Å²) in [5.74, 6) is 1.02. The van der Waals surface area contributed by atoms with Gasteiger partial charge in [-0.25, -0.2) is 0 Å². The Morgan fingerprint density at radius 3 is 2.42 bits per heavy atom. The first-order valence-corrected chi connectivity index (χ1v) is 7.04. The Kier molecular flexibility index (Phi) is 4.80. The van der Waals surface area contributed by atoms with Crippen molar-refractivity contribution in [1.82, 2.24) is 5.32 Å². The number of nitrogens with one attached hydrogen (secondary N) is 1. The molecule has 0 saturated heterocycles. The zero-order valence-electron chi connectivity index (χ0n) is 12.1. The lowest BCUT2D eigenvalue weighted by Gasteiger charge is -2.19. The van der Waals surface area contributed by atoms with Gasteiger partial charge in [0.05, 0.1) is 12.3 Å². The Hall–Kier alpha value is -1.54. The number of hydrogen-bond acceptors (Lipinski definition) is 2. The van der Waals surface area contributed by atoms with Gasteiger partial charge >= 0.3 is 0 Å². The fourth-order valence-electron chi connectivity index (χ4n) is 2.46. The van der Waals surface area contributed by atoms with Crippen molar-refractivity contribution in [2.24, 2.45) is 0 Å². The summed E-state index contributed by atoms with van der Waals surface area (Å²) in [7, 11) is 0. The van der Waals surface area contributed by atoms with Gasteiger partial charge in [-0.2, -0.15) is 0 Å². The van der Waals surface area contributed by atoms with E-state index in [1.165, 1.54) is 16.7 Å². The molecule has 0 spiro atoms. The second kappa shape index (κ2) is 6.58. The van der Waals surface area contributed by atoms with Gasteiger partial charge in [-0.15, -0.1) is 0 Å². The highest BCUT2D eigenvalue weighted by Crippen LogP contribution is 2.23. The second-order valence-electron chi connectivity index (χ2n) is 5.10. The number of aryl methyl sites for hydroxylation is 2. The fraction of sp³-hybridized carbons (Fsp3) is 0.412. The molecule has 1 unspecified atom stereocenters. The van der Waals surface area contributed by atoms with Crippen LogP contribution in [0.15, 0.2) is 41.0 Å². The van der Waals surface area contributed by atoms with Gasteiger partial charge in [-0.1, -0.05) is 25.1 Å². The van der Waals surface area contributed by atoms with Crippen molar-refractivity contribution in [3.05, 3.63) is 59.0 Å². The monoisotopic (exact) mass is 257 g/mol. The minimum Gasteiger partial charge on any atom is -0.468 e. The molecule has 2 nitrogen and oxygen atoms in total. The smallest absolute Gasteiger partial charge is 0.121 e. The molecule has 0 aliphatic rings. The molecule has 0 aliphatic carbocycles. The zero-order chi connectivity index (χ0) is 13.7. The number of hydrogen-bond donors (Lipinski definition) is 1. The van der Waals surface area contributed by atoms with Crippen LogP contribution in [-0.2, 0) is 6.42 Å². The highest BCUT2D eigenvalue weighted by molar-refractivity contribution is 5.34. The van der Waals surface area contributed by atoms with Crippen LogP contribution in [0, 0.1) is 13.8 Å². The minimum atomic E-state index is 0.259. The molecule has 1 heterocycles. The van der Waals surface area contributed by atoms with Gasteiger partial charge in [-0.3, -0.25) is 0 Å². The SMILES string of the molecule is CCCNC(Cc1c(C)cccc1C)c1ccco1.